The largest absolute Gasteiger partial charge is 0.488 e. The molecule has 0 saturated carbocycles. The topological polar surface area (TPSA) is 22.1 Å². The first kappa shape index (κ1) is 7.10. The number of hydrogen-bond acceptors (Lipinski definition) is 2. The molecule has 2 heteroatoms. The van der Waals surface area contributed by atoms with Crippen molar-refractivity contribution in [3.8, 4) is 5.75 Å². The molecule has 1 radical (unpaired) electrons. The lowest BCUT2D eigenvalue weighted by atomic mass is 10.2. The first-order valence-corrected chi connectivity index (χ1v) is 3.67. The van der Waals surface area contributed by atoms with Gasteiger partial charge in [0.05, 0.1) is 0 Å². The fraction of sp³-hybridized carbons (Fsp3) is 0. The lowest BCUT2D eigenvalue weighted by Gasteiger charge is -2.01. The van der Waals surface area contributed by atoms with Crippen LogP contribution in [0.3, 0.4) is 0 Å². The standard InChI is InChI=1S/C10H8NO/c1-12-9-6-2-4-8-5-3-7-11-10(8)9/h2-7H,1H2. The molecule has 2 rings (SSSR count). The van der Waals surface area contributed by atoms with Crippen LogP contribution in [0.4, 0.5) is 0 Å². The van der Waals surface area contributed by atoms with Gasteiger partial charge < -0.3 is 4.74 Å². The van der Waals surface area contributed by atoms with Crippen LogP contribution in [0.5, 0.6) is 5.75 Å². The molecule has 2 aromatic rings. The average molecular weight is 158 g/mol. The molecule has 0 aliphatic heterocycles. The Hall–Kier alpha value is -1.57. The van der Waals surface area contributed by atoms with Crippen molar-refractivity contribution < 1.29 is 4.74 Å². The molecule has 0 N–H and O–H groups in total. The van der Waals surface area contributed by atoms with E-state index in [2.05, 4.69) is 12.1 Å². The van der Waals surface area contributed by atoms with Crippen molar-refractivity contribution in [3.05, 3.63) is 43.6 Å². The van der Waals surface area contributed by atoms with Crippen molar-refractivity contribution in [2.75, 3.05) is 0 Å². The fourth-order valence-corrected chi connectivity index (χ4v) is 1.19. The summed E-state index contributed by atoms with van der Waals surface area (Å²) in [5, 5.41) is 1.07. The summed E-state index contributed by atoms with van der Waals surface area (Å²) in [5.41, 5.74) is 0.856. The molecule has 0 fully saturated rings. The number of ether oxygens (including phenoxy) is 1. The van der Waals surface area contributed by atoms with Crippen molar-refractivity contribution in [1.29, 1.82) is 0 Å². The number of benzene rings is 1. The van der Waals surface area contributed by atoms with E-state index in [0.29, 0.717) is 5.75 Å². The van der Waals surface area contributed by atoms with Crippen LogP contribution in [0.15, 0.2) is 36.5 Å². The highest BCUT2D eigenvalue weighted by Crippen LogP contribution is 2.22. The fourth-order valence-electron chi connectivity index (χ4n) is 1.19. The zero-order chi connectivity index (χ0) is 8.39. The molecule has 0 amide bonds. The molecule has 1 aromatic carbocycles. The summed E-state index contributed by atoms with van der Waals surface area (Å²) in [7, 11) is 3.37. The molecule has 59 valence electrons. The van der Waals surface area contributed by atoms with Crippen LogP contribution in [-0.4, -0.2) is 4.98 Å². The molecular formula is C10H8NO. The lowest BCUT2D eigenvalue weighted by Crippen LogP contribution is -1.83. The summed E-state index contributed by atoms with van der Waals surface area (Å²) < 4.78 is 4.91. The Kier molecular flexibility index (Phi) is 1.67. The minimum absolute atomic E-state index is 0.716. The monoisotopic (exact) mass is 158 g/mol. The van der Waals surface area contributed by atoms with Gasteiger partial charge >= 0.3 is 0 Å². The van der Waals surface area contributed by atoms with Crippen LogP contribution in [0.1, 0.15) is 0 Å². The summed E-state index contributed by atoms with van der Waals surface area (Å²) in [6.45, 7) is 0. The average Bonchev–Trinajstić information content (AvgIpc) is 2.17. The number of nitrogens with zero attached hydrogens (tertiary/aromatic N) is 1. The molecular weight excluding hydrogens is 150 g/mol. The molecule has 0 aliphatic rings. The minimum atomic E-state index is 0.716. The Bertz CT molecular complexity index is 392. The van der Waals surface area contributed by atoms with Crippen molar-refractivity contribution in [3.63, 3.8) is 0 Å². The second-order valence-electron chi connectivity index (χ2n) is 2.48. The zero-order valence-electron chi connectivity index (χ0n) is 6.53. The number of hydrogen-bond donors (Lipinski definition) is 0. The predicted octanol–water partition coefficient (Wildman–Crippen LogP) is 2.41. The van der Waals surface area contributed by atoms with Crippen molar-refractivity contribution in [2.24, 2.45) is 0 Å². The van der Waals surface area contributed by atoms with Gasteiger partial charge in [0.15, 0.2) is 0 Å². The summed E-state index contributed by atoms with van der Waals surface area (Å²) in [6.07, 6.45) is 1.74. The Morgan fingerprint density at radius 3 is 2.83 bits per heavy atom. The Balaban J connectivity index is 2.79. The number of fused-ring (bicyclic) bond motifs is 1. The maximum atomic E-state index is 4.91. The molecule has 1 aromatic heterocycles. The van der Waals surface area contributed by atoms with Crippen LogP contribution in [-0.2, 0) is 0 Å². The van der Waals surface area contributed by atoms with Gasteiger partial charge in [-0.3, -0.25) is 4.98 Å². The maximum Gasteiger partial charge on any atom is 0.145 e. The summed E-state index contributed by atoms with van der Waals surface area (Å²) >= 11 is 0. The normalized spacial score (nSPS) is 10.1. The third kappa shape index (κ3) is 1.01. The first-order chi connectivity index (χ1) is 5.92. The van der Waals surface area contributed by atoms with Gasteiger partial charge in [0.1, 0.15) is 18.4 Å². The second kappa shape index (κ2) is 2.81. The molecule has 12 heavy (non-hydrogen) atoms. The van der Waals surface area contributed by atoms with E-state index in [1.165, 1.54) is 0 Å². The molecule has 0 spiro atoms. The minimum Gasteiger partial charge on any atom is -0.488 e. The second-order valence-corrected chi connectivity index (χ2v) is 2.48. The molecule has 0 unspecified atom stereocenters. The Labute approximate surface area is 70.8 Å². The van der Waals surface area contributed by atoms with Crippen molar-refractivity contribution in [2.45, 2.75) is 0 Å². The van der Waals surface area contributed by atoms with Crippen LogP contribution in [0.2, 0.25) is 0 Å². The third-order valence-electron chi connectivity index (χ3n) is 1.75. The van der Waals surface area contributed by atoms with Gasteiger partial charge in [-0.15, -0.1) is 0 Å². The third-order valence-corrected chi connectivity index (χ3v) is 1.75. The van der Waals surface area contributed by atoms with Crippen LogP contribution >= 0.6 is 0 Å². The highest BCUT2D eigenvalue weighted by molar-refractivity contribution is 5.84. The highest BCUT2D eigenvalue weighted by atomic mass is 16.5. The number of para-hydroxylation sites is 1. The van der Waals surface area contributed by atoms with Gasteiger partial charge in [0, 0.05) is 11.6 Å². The molecule has 0 aliphatic carbocycles. The molecule has 1 heterocycles. The van der Waals surface area contributed by atoms with E-state index in [1.54, 1.807) is 6.20 Å². The van der Waals surface area contributed by atoms with Gasteiger partial charge in [0.2, 0.25) is 0 Å². The number of rotatable bonds is 1. The Morgan fingerprint density at radius 2 is 2.00 bits per heavy atom. The van der Waals surface area contributed by atoms with E-state index < -0.39 is 0 Å². The summed E-state index contributed by atoms with van der Waals surface area (Å²) in [5.74, 6) is 0.716. The lowest BCUT2D eigenvalue weighted by molar-refractivity contribution is 0.477. The van der Waals surface area contributed by atoms with E-state index in [1.807, 2.05) is 30.3 Å². The van der Waals surface area contributed by atoms with Gasteiger partial charge in [-0.1, -0.05) is 18.2 Å². The number of pyridine rings is 1. The smallest absolute Gasteiger partial charge is 0.145 e. The summed E-state index contributed by atoms with van der Waals surface area (Å²) in [6, 6.07) is 9.65. The van der Waals surface area contributed by atoms with Crippen LogP contribution < -0.4 is 4.74 Å². The molecule has 2 nitrogen and oxygen atoms in total. The quantitative estimate of drug-likeness (QED) is 0.635. The van der Waals surface area contributed by atoms with E-state index >= 15 is 0 Å². The first-order valence-electron chi connectivity index (χ1n) is 3.67. The predicted molar refractivity (Wildman–Crippen MR) is 47.7 cm³/mol. The Morgan fingerprint density at radius 1 is 1.17 bits per heavy atom. The van der Waals surface area contributed by atoms with Gasteiger partial charge in [-0.2, -0.15) is 0 Å². The van der Waals surface area contributed by atoms with Crippen LogP contribution in [0.25, 0.3) is 10.9 Å². The van der Waals surface area contributed by atoms with Gasteiger partial charge in [0.25, 0.3) is 0 Å². The number of aromatic nitrogens is 1. The summed E-state index contributed by atoms with van der Waals surface area (Å²) in [4.78, 5) is 4.19. The van der Waals surface area contributed by atoms with Gasteiger partial charge in [-0.25, -0.2) is 0 Å². The van der Waals surface area contributed by atoms with Gasteiger partial charge in [-0.05, 0) is 12.1 Å². The van der Waals surface area contributed by atoms with E-state index in [0.717, 1.165) is 10.9 Å². The SMILES string of the molecule is [CH2]Oc1cccc2cccnc12. The van der Waals surface area contributed by atoms with Crippen molar-refractivity contribution in [1.82, 2.24) is 4.98 Å². The van der Waals surface area contributed by atoms with Crippen LogP contribution in [0, 0.1) is 7.11 Å². The molecule has 0 atom stereocenters. The molecule has 0 bridgehead atoms. The highest BCUT2D eigenvalue weighted by Gasteiger charge is 1.98. The molecule has 0 saturated heterocycles. The van der Waals surface area contributed by atoms with E-state index in [9.17, 15) is 0 Å². The van der Waals surface area contributed by atoms with Crippen molar-refractivity contribution >= 4 is 10.9 Å². The maximum absolute atomic E-state index is 4.91. The zero-order valence-corrected chi connectivity index (χ0v) is 6.53. The van der Waals surface area contributed by atoms with E-state index in [4.69, 9.17) is 4.74 Å². The van der Waals surface area contributed by atoms with E-state index in [-0.39, 0.29) is 0 Å².